The predicted molar refractivity (Wildman–Crippen MR) is 111 cm³/mol. The van der Waals surface area contributed by atoms with Gasteiger partial charge in [-0.2, -0.15) is 5.10 Å². The molecule has 1 unspecified atom stereocenters. The number of rotatable bonds is 8. The fourth-order valence-corrected chi connectivity index (χ4v) is 3.43. The average Bonchev–Trinajstić information content (AvgIpc) is 3.40. The molecule has 0 radical (unpaired) electrons. The monoisotopic (exact) mass is 405 g/mol. The number of hydrogen-bond acceptors (Lipinski definition) is 6. The van der Waals surface area contributed by atoms with Crippen LogP contribution >= 0.6 is 0 Å². The van der Waals surface area contributed by atoms with E-state index in [1.807, 2.05) is 36.4 Å². The van der Waals surface area contributed by atoms with Crippen molar-refractivity contribution in [2.45, 2.75) is 25.8 Å². The first-order valence-electron chi connectivity index (χ1n) is 9.71. The van der Waals surface area contributed by atoms with Crippen LogP contribution in [0.5, 0.6) is 5.75 Å². The smallest absolute Gasteiger partial charge is 0.245 e. The third kappa shape index (κ3) is 4.29. The van der Waals surface area contributed by atoms with Gasteiger partial charge < -0.3 is 10.1 Å². The first-order valence-corrected chi connectivity index (χ1v) is 9.71. The Balaban J connectivity index is 1.45. The Hall–Kier alpha value is -3.75. The van der Waals surface area contributed by atoms with Gasteiger partial charge in [-0.05, 0) is 59.2 Å². The highest BCUT2D eigenvalue weighted by atomic mass is 16.5. The van der Waals surface area contributed by atoms with Crippen molar-refractivity contribution in [3.05, 3.63) is 65.6 Å². The first-order chi connectivity index (χ1) is 14.6. The number of aryl methyl sites for hydroxylation is 1. The number of nitrogens with zero attached hydrogens (tertiary/aromatic N) is 5. The van der Waals surface area contributed by atoms with E-state index in [0.29, 0.717) is 25.2 Å². The molecule has 2 aromatic carbocycles. The maximum Gasteiger partial charge on any atom is 0.245 e. The molecule has 0 aliphatic heterocycles. The molecule has 2 N–H and O–H groups in total. The third-order valence-electron chi connectivity index (χ3n) is 5.04. The van der Waals surface area contributed by atoms with Gasteiger partial charge in [-0.1, -0.05) is 18.2 Å². The first kappa shape index (κ1) is 19.6. The van der Waals surface area contributed by atoms with Crippen molar-refractivity contribution in [1.29, 1.82) is 0 Å². The molecule has 1 atom stereocenters. The molecule has 4 rings (SSSR count). The maximum atomic E-state index is 13.0. The van der Waals surface area contributed by atoms with Crippen molar-refractivity contribution in [3.63, 3.8) is 0 Å². The van der Waals surface area contributed by atoms with Crippen LogP contribution in [0.4, 0.5) is 0 Å². The van der Waals surface area contributed by atoms with Crippen LogP contribution in [0.3, 0.4) is 0 Å². The summed E-state index contributed by atoms with van der Waals surface area (Å²) < 4.78 is 6.86. The van der Waals surface area contributed by atoms with Crippen molar-refractivity contribution in [2.75, 3.05) is 13.7 Å². The van der Waals surface area contributed by atoms with Crippen LogP contribution < -0.4 is 10.1 Å². The maximum absolute atomic E-state index is 13.0. The van der Waals surface area contributed by atoms with E-state index < -0.39 is 6.04 Å². The van der Waals surface area contributed by atoms with E-state index >= 15 is 0 Å². The van der Waals surface area contributed by atoms with Gasteiger partial charge in [0, 0.05) is 18.4 Å². The summed E-state index contributed by atoms with van der Waals surface area (Å²) in [5.74, 6) is 1.20. The van der Waals surface area contributed by atoms with Gasteiger partial charge in [0.25, 0.3) is 0 Å². The van der Waals surface area contributed by atoms with Gasteiger partial charge in [-0.25, -0.2) is 4.68 Å². The van der Waals surface area contributed by atoms with Crippen molar-refractivity contribution >= 4 is 16.8 Å². The topological polar surface area (TPSA) is 111 Å². The molecule has 1 amide bonds. The molecule has 0 fully saturated rings. The summed E-state index contributed by atoms with van der Waals surface area (Å²) in [6.07, 6.45) is 2.96. The molecule has 9 nitrogen and oxygen atoms in total. The molecular formula is C21H23N7O2. The number of tetrazole rings is 1. The SMILES string of the molecule is COc1cccc(CC(C(=O)NCCc2ccc3[nH]ncc3c2)n2nnnc2C)c1. The van der Waals surface area contributed by atoms with E-state index in [4.69, 9.17) is 4.74 Å². The van der Waals surface area contributed by atoms with Crippen LogP contribution in [0.1, 0.15) is 23.0 Å². The number of hydrogen-bond donors (Lipinski definition) is 2. The highest BCUT2D eigenvalue weighted by Crippen LogP contribution is 2.19. The van der Waals surface area contributed by atoms with Gasteiger partial charge in [0.05, 0.1) is 18.8 Å². The minimum atomic E-state index is -0.552. The number of benzene rings is 2. The quantitative estimate of drug-likeness (QED) is 0.464. The average molecular weight is 405 g/mol. The summed E-state index contributed by atoms with van der Waals surface area (Å²) in [4.78, 5) is 13.0. The molecule has 9 heteroatoms. The van der Waals surface area contributed by atoms with Crippen LogP contribution in [0.15, 0.2) is 48.7 Å². The molecular weight excluding hydrogens is 382 g/mol. The zero-order chi connectivity index (χ0) is 20.9. The Morgan fingerprint density at radius 3 is 2.93 bits per heavy atom. The Labute approximate surface area is 173 Å². The Kier molecular flexibility index (Phi) is 5.69. The largest absolute Gasteiger partial charge is 0.497 e. The van der Waals surface area contributed by atoms with Crippen molar-refractivity contribution in [1.82, 2.24) is 35.7 Å². The summed E-state index contributed by atoms with van der Waals surface area (Å²) >= 11 is 0. The second-order valence-electron chi connectivity index (χ2n) is 7.07. The molecule has 30 heavy (non-hydrogen) atoms. The highest BCUT2D eigenvalue weighted by Gasteiger charge is 2.24. The standard InChI is InChI=1S/C21H23N7O2/c1-14-24-26-27-28(14)20(12-16-4-3-5-18(11-16)30-2)21(29)22-9-8-15-6-7-19-17(10-15)13-23-25-19/h3-7,10-11,13,20H,8-9,12H2,1-2H3,(H,22,29)(H,23,25). The number of aromatic amines is 1. The molecule has 0 aliphatic rings. The van der Waals surface area contributed by atoms with E-state index in [1.54, 1.807) is 24.9 Å². The number of H-pyrrole nitrogens is 1. The molecule has 0 aliphatic carbocycles. The van der Waals surface area contributed by atoms with E-state index in [9.17, 15) is 4.79 Å². The minimum Gasteiger partial charge on any atom is -0.497 e. The number of ether oxygens (including phenoxy) is 1. The van der Waals surface area contributed by atoms with E-state index in [2.05, 4.69) is 37.1 Å². The summed E-state index contributed by atoms with van der Waals surface area (Å²) in [6.45, 7) is 2.30. The molecule has 2 heterocycles. The molecule has 154 valence electrons. The fraction of sp³-hybridized carbons (Fsp3) is 0.286. The molecule has 2 aromatic heterocycles. The van der Waals surface area contributed by atoms with E-state index in [0.717, 1.165) is 27.8 Å². The van der Waals surface area contributed by atoms with Gasteiger partial charge >= 0.3 is 0 Å². The highest BCUT2D eigenvalue weighted by molar-refractivity contribution is 5.81. The van der Waals surface area contributed by atoms with Gasteiger partial charge in [-0.15, -0.1) is 5.10 Å². The zero-order valence-electron chi connectivity index (χ0n) is 16.9. The van der Waals surface area contributed by atoms with E-state index in [1.165, 1.54) is 0 Å². The van der Waals surface area contributed by atoms with Crippen molar-refractivity contribution in [3.8, 4) is 5.75 Å². The van der Waals surface area contributed by atoms with Gasteiger partial charge in [0.2, 0.25) is 5.91 Å². The minimum absolute atomic E-state index is 0.127. The lowest BCUT2D eigenvalue weighted by Crippen LogP contribution is -2.36. The normalized spacial score (nSPS) is 12.1. The lowest BCUT2D eigenvalue weighted by atomic mass is 10.0. The van der Waals surface area contributed by atoms with Crippen LogP contribution in [-0.4, -0.2) is 50.0 Å². The number of methoxy groups -OCH3 is 1. The van der Waals surface area contributed by atoms with Gasteiger partial charge in [0.15, 0.2) is 0 Å². The molecule has 0 saturated heterocycles. The Morgan fingerprint density at radius 1 is 1.23 bits per heavy atom. The third-order valence-corrected chi connectivity index (χ3v) is 5.04. The molecule has 0 spiro atoms. The van der Waals surface area contributed by atoms with E-state index in [-0.39, 0.29) is 5.91 Å². The lowest BCUT2D eigenvalue weighted by molar-refractivity contribution is -0.124. The lowest BCUT2D eigenvalue weighted by Gasteiger charge is -2.18. The second kappa shape index (κ2) is 8.73. The van der Waals surface area contributed by atoms with Crippen molar-refractivity contribution < 1.29 is 9.53 Å². The Morgan fingerprint density at radius 2 is 2.13 bits per heavy atom. The van der Waals surface area contributed by atoms with Gasteiger partial charge in [-0.3, -0.25) is 9.89 Å². The molecule has 0 bridgehead atoms. The number of nitrogens with one attached hydrogen (secondary N) is 2. The summed E-state index contributed by atoms with van der Waals surface area (Å²) in [7, 11) is 1.62. The number of fused-ring (bicyclic) bond motifs is 1. The summed E-state index contributed by atoms with van der Waals surface area (Å²) in [6, 6.07) is 13.2. The van der Waals surface area contributed by atoms with Crippen LogP contribution in [0, 0.1) is 6.92 Å². The van der Waals surface area contributed by atoms with Crippen LogP contribution in [0.2, 0.25) is 0 Å². The number of amides is 1. The number of carbonyl (C=O) groups excluding carboxylic acids is 1. The van der Waals surface area contributed by atoms with Gasteiger partial charge in [0.1, 0.15) is 17.6 Å². The number of aromatic nitrogens is 6. The van der Waals surface area contributed by atoms with Crippen LogP contribution in [-0.2, 0) is 17.6 Å². The predicted octanol–water partition coefficient (Wildman–Crippen LogP) is 2.01. The zero-order valence-corrected chi connectivity index (χ0v) is 16.9. The summed E-state index contributed by atoms with van der Waals surface area (Å²) in [5.41, 5.74) is 3.09. The fourth-order valence-electron chi connectivity index (χ4n) is 3.43. The van der Waals surface area contributed by atoms with Crippen molar-refractivity contribution in [2.24, 2.45) is 0 Å². The Bertz CT molecular complexity index is 1150. The molecule has 4 aromatic rings. The van der Waals surface area contributed by atoms with Crippen LogP contribution in [0.25, 0.3) is 10.9 Å². The second-order valence-corrected chi connectivity index (χ2v) is 7.07. The number of carbonyl (C=O) groups is 1. The summed E-state index contributed by atoms with van der Waals surface area (Å²) in [5, 5.41) is 22.7. The molecule has 0 saturated carbocycles.